The number of carboxylic acids is 1. The van der Waals surface area contributed by atoms with Crippen molar-refractivity contribution >= 4 is 21.9 Å². The molecule has 94 valence electrons. The molecule has 0 fully saturated rings. The van der Waals surface area contributed by atoms with Gasteiger partial charge in [0.15, 0.2) is 0 Å². The molecule has 0 radical (unpaired) electrons. The molecule has 17 heavy (non-hydrogen) atoms. The van der Waals surface area contributed by atoms with Crippen LogP contribution in [0, 0.1) is 5.82 Å². The fourth-order valence-electron chi connectivity index (χ4n) is 1.38. The maximum absolute atomic E-state index is 13.3. The zero-order valence-corrected chi connectivity index (χ0v) is 10.4. The van der Waals surface area contributed by atoms with E-state index in [0.29, 0.717) is 11.8 Å². The molecule has 6 heteroatoms. The van der Waals surface area contributed by atoms with Crippen LogP contribution in [-0.2, 0) is 0 Å². The van der Waals surface area contributed by atoms with Gasteiger partial charge >= 0.3 is 5.97 Å². The molecule has 0 aliphatic carbocycles. The largest absolute Gasteiger partial charge is 0.478 e. The Balaban J connectivity index is 2.93. The number of rotatable bonds is 5. The Morgan fingerprint density at radius 2 is 2.06 bits per heavy atom. The lowest BCUT2D eigenvalue weighted by Gasteiger charge is -2.17. The smallest absolute Gasteiger partial charge is 0.338 e. The van der Waals surface area contributed by atoms with Crippen LogP contribution < -0.4 is 0 Å². The van der Waals surface area contributed by atoms with Crippen LogP contribution in [0.15, 0.2) is 18.2 Å². The predicted octanol–water partition coefficient (Wildman–Crippen LogP) is 1.70. The highest BCUT2D eigenvalue weighted by atomic mass is 79.9. The topological polar surface area (TPSA) is 77.8 Å². The van der Waals surface area contributed by atoms with Gasteiger partial charge in [0.05, 0.1) is 11.7 Å². The highest BCUT2D eigenvalue weighted by molar-refractivity contribution is 9.09. The van der Waals surface area contributed by atoms with Crippen LogP contribution in [0.25, 0.3) is 0 Å². The highest BCUT2D eigenvalue weighted by Gasteiger charge is 2.20. The lowest BCUT2D eigenvalue weighted by molar-refractivity contribution is 0.0172. The number of hydrogen-bond acceptors (Lipinski definition) is 3. The number of aliphatic hydroxyl groups excluding tert-OH is 2. The quantitative estimate of drug-likeness (QED) is 0.724. The summed E-state index contributed by atoms with van der Waals surface area (Å²) in [6.45, 7) is 0. The number of halogens is 2. The van der Waals surface area contributed by atoms with Crippen molar-refractivity contribution < 1.29 is 24.5 Å². The summed E-state index contributed by atoms with van der Waals surface area (Å²) in [5.41, 5.74) is -0.308. The minimum absolute atomic E-state index is 0.154. The van der Waals surface area contributed by atoms with Crippen molar-refractivity contribution in [2.45, 2.75) is 18.6 Å². The number of aromatic carboxylic acids is 1. The van der Waals surface area contributed by atoms with Gasteiger partial charge in [-0.2, -0.15) is 0 Å². The zero-order chi connectivity index (χ0) is 13.0. The van der Waals surface area contributed by atoms with E-state index in [1.807, 2.05) is 0 Å². The number of alkyl halides is 1. The van der Waals surface area contributed by atoms with Crippen molar-refractivity contribution in [3.8, 4) is 0 Å². The molecule has 0 aliphatic heterocycles. The third-order valence-corrected chi connectivity index (χ3v) is 2.79. The van der Waals surface area contributed by atoms with E-state index in [9.17, 15) is 19.4 Å². The number of carboxylic acid groups (broad SMARTS) is 1. The Hall–Kier alpha value is -0.980. The van der Waals surface area contributed by atoms with Crippen molar-refractivity contribution in [2.24, 2.45) is 0 Å². The molecule has 0 saturated heterocycles. The summed E-state index contributed by atoms with van der Waals surface area (Å²) in [5.74, 6) is -2.30. The summed E-state index contributed by atoms with van der Waals surface area (Å²) in [5, 5.41) is 28.3. The van der Waals surface area contributed by atoms with E-state index in [4.69, 9.17) is 5.11 Å². The van der Waals surface area contributed by atoms with Crippen molar-refractivity contribution in [2.75, 3.05) is 5.33 Å². The average Bonchev–Trinajstić information content (AvgIpc) is 2.27. The molecule has 0 bridgehead atoms. The maximum atomic E-state index is 13.3. The van der Waals surface area contributed by atoms with Crippen LogP contribution in [0.2, 0.25) is 0 Å². The van der Waals surface area contributed by atoms with Crippen molar-refractivity contribution in [3.63, 3.8) is 0 Å². The Kier molecular flexibility index (Phi) is 5.04. The first kappa shape index (κ1) is 14.1. The third kappa shape index (κ3) is 3.49. The Labute approximate surface area is 106 Å². The molecule has 0 heterocycles. The summed E-state index contributed by atoms with van der Waals surface area (Å²) in [6, 6.07) is 3.28. The van der Waals surface area contributed by atoms with Gasteiger partial charge in [-0.1, -0.05) is 22.0 Å². The lowest BCUT2D eigenvalue weighted by atomic mass is 10.0. The first-order chi connectivity index (χ1) is 7.97. The van der Waals surface area contributed by atoms with Crippen LogP contribution in [-0.4, -0.2) is 32.7 Å². The summed E-state index contributed by atoms with van der Waals surface area (Å²) in [6.07, 6.45) is -1.95. The highest BCUT2D eigenvalue weighted by Crippen LogP contribution is 2.21. The number of benzene rings is 1. The van der Waals surface area contributed by atoms with Crippen LogP contribution in [0.4, 0.5) is 4.39 Å². The van der Waals surface area contributed by atoms with E-state index in [0.717, 1.165) is 12.1 Å². The zero-order valence-electron chi connectivity index (χ0n) is 8.81. The lowest BCUT2D eigenvalue weighted by Crippen LogP contribution is -2.19. The average molecular weight is 307 g/mol. The second kappa shape index (κ2) is 6.09. The molecular weight excluding hydrogens is 295 g/mol. The minimum Gasteiger partial charge on any atom is -0.478 e. The standard InChI is InChI=1S/C11H12BrFO4/c12-4-3-9(14)10(15)6-1-2-7(11(16)17)8(13)5-6/h1-2,5,9-10,14-15H,3-4H2,(H,16,17). The minimum atomic E-state index is -1.37. The normalized spacial score (nSPS) is 14.4. The monoisotopic (exact) mass is 306 g/mol. The van der Waals surface area contributed by atoms with Gasteiger partial charge in [-0.05, 0) is 24.1 Å². The van der Waals surface area contributed by atoms with Crippen LogP contribution in [0.5, 0.6) is 0 Å². The number of carbonyl (C=O) groups is 1. The molecule has 3 N–H and O–H groups in total. The Morgan fingerprint density at radius 1 is 1.41 bits per heavy atom. The van der Waals surface area contributed by atoms with Crippen molar-refractivity contribution in [1.29, 1.82) is 0 Å². The molecule has 2 atom stereocenters. The summed E-state index contributed by atoms with van der Waals surface area (Å²) >= 11 is 3.11. The van der Waals surface area contributed by atoms with E-state index in [1.165, 1.54) is 6.07 Å². The van der Waals surface area contributed by atoms with Gasteiger partial charge in [-0.25, -0.2) is 9.18 Å². The van der Waals surface area contributed by atoms with Crippen LogP contribution in [0.1, 0.15) is 28.4 Å². The Bertz CT molecular complexity index is 410. The summed E-state index contributed by atoms with van der Waals surface area (Å²) < 4.78 is 13.3. The van der Waals surface area contributed by atoms with E-state index >= 15 is 0 Å². The first-order valence-electron chi connectivity index (χ1n) is 4.92. The van der Waals surface area contributed by atoms with E-state index in [-0.39, 0.29) is 5.56 Å². The SMILES string of the molecule is O=C(O)c1ccc(C(O)C(O)CCBr)cc1F. The van der Waals surface area contributed by atoms with Crippen LogP contribution in [0.3, 0.4) is 0 Å². The molecule has 0 saturated carbocycles. The second-order valence-electron chi connectivity index (χ2n) is 3.53. The molecule has 0 aliphatic rings. The Morgan fingerprint density at radius 3 is 2.53 bits per heavy atom. The van der Waals surface area contributed by atoms with E-state index < -0.39 is 29.6 Å². The fraction of sp³-hybridized carbons (Fsp3) is 0.364. The van der Waals surface area contributed by atoms with Crippen molar-refractivity contribution in [3.05, 3.63) is 35.1 Å². The molecule has 1 aromatic rings. The molecule has 1 rings (SSSR count). The van der Waals surface area contributed by atoms with Gasteiger partial charge in [0.25, 0.3) is 0 Å². The fourth-order valence-corrected chi connectivity index (χ4v) is 1.85. The molecular formula is C11H12BrFO4. The number of hydrogen-bond donors (Lipinski definition) is 3. The van der Waals surface area contributed by atoms with E-state index in [2.05, 4.69) is 15.9 Å². The predicted molar refractivity (Wildman–Crippen MR) is 62.7 cm³/mol. The maximum Gasteiger partial charge on any atom is 0.338 e. The third-order valence-electron chi connectivity index (χ3n) is 2.33. The molecule has 0 aromatic heterocycles. The molecule has 2 unspecified atom stereocenters. The molecule has 0 spiro atoms. The summed E-state index contributed by atoms with van der Waals surface area (Å²) in [7, 11) is 0. The second-order valence-corrected chi connectivity index (χ2v) is 4.33. The van der Waals surface area contributed by atoms with Gasteiger partial charge in [-0.3, -0.25) is 0 Å². The van der Waals surface area contributed by atoms with Gasteiger partial charge in [0, 0.05) is 5.33 Å². The van der Waals surface area contributed by atoms with Gasteiger partial charge in [0.1, 0.15) is 11.9 Å². The van der Waals surface area contributed by atoms with E-state index in [1.54, 1.807) is 0 Å². The van der Waals surface area contributed by atoms with Gasteiger partial charge in [-0.15, -0.1) is 0 Å². The molecule has 4 nitrogen and oxygen atoms in total. The summed E-state index contributed by atoms with van der Waals surface area (Å²) in [4.78, 5) is 10.6. The van der Waals surface area contributed by atoms with Gasteiger partial charge < -0.3 is 15.3 Å². The number of aliphatic hydroxyl groups is 2. The van der Waals surface area contributed by atoms with Crippen molar-refractivity contribution in [1.82, 2.24) is 0 Å². The van der Waals surface area contributed by atoms with Crippen LogP contribution >= 0.6 is 15.9 Å². The molecule has 1 aromatic carbocycles. The van der Waals surface area contributed by atoms with Gasteiger partial charge in [0.2, 0.25) is 0 Å². The first-order valence-corrected chi connectivity index (χ1v) is 6.04. The molecule has 0 amide bonds.